The highest BCUT2D eigenvalue weighted by atomic mass is 15.3. The van der Waals surface area contributed by atoms with Crippen molar-refractivity contribution in [2.24, 2.45) is 11.8 Å². The maximum absolute atomic E-state index is 8.89. The van der Waals surface area contributed by atoms with Gasteiger partial charge in [0.05, 0.1) is 0 Å². The third-order valence-electron chi connectivity index (χ3n) is 4.08. The molecule has 17 heavy (non-hydrogen) atoms. The van der Waals surface area contributed by atoms with Gasteiger partial charge >= 0.3 is 0 Å². The molecule has 3 unspecified atom stereocenters. The predicted molar refractivity (Wildman–Crippen MR) is 65.6 cm³/mol. The van der Waals surface area contributed by atoms with Gasteiger partial charge in [-0.3, -0.25) is 0 Å². The summed E-state index contributed by atoms with van der Waals surface area (Å²) in [6.45, 7) is 5.54. The minimum absolute atomic E-state index is 0.505. The number of hydrogen-bond acceptors (Lipinski definition) is 4. The molecule has 3 rings (SSSR count). The first-order valence-electron chi connectivity index (χ1n) is 6.14. The molecule has 1 N–H and O–H groups in total. The molecule has 0 spiro atoms. The van der Waals surface area contributed by atoms with Gasteiger partial charge in [-0.25, -0.2) is 4.98 Å². The normalized spacial score (nSPS) is 31.3. The average molecular weight is 228 g/mol. The van der Waals surface area contributed by atoms with Crippen LogP contribution in [0.25, 0.3) is 0 Å². The number of anilines is 1. The third-order valence-corrected chi connectivity index (χ3v) is 4.08. The topological polar surface area (TPSA) is 52.0 Å². The van der Waals surface area contributed by atoms with Gasteiger partial charge in [0.1, 0.15) is 17.6 Å². The lowest BCUT2D eigenvalue weighted by molar-refractivity contribution is 0.471. The lowest BCUT2D eigenvalue weighted by Crippen LogP contribution is -2.33. The molecule has 2 aliphatic heterocycles. The second-order valence-corrected chi connectivity index (χ2v) is 4.97. The van der Waals surface area contributed by atoms with Crippen molar-refractivity contribution < 1.29 is 0 Å². The molecular formula is C13H16N4. The highest BCUT2D eigenvalue weighted by Gasteiger charge is 2.42. The largest absolute Gasteiger partial charge is 0.353 e. The van der Waals surface area contributed by atoms with Gasteiger partial charge in [-0.2, -0.15) is 5.26 Å². The summed E-state index contributed by atoms with van der Waals surface area (Å²) in [4.78, 5) is 6.74. The smallest absolute Gasteiger partial charge is 0.142 e. The third kappa shape index (κ3) is 1.67. The molecule has 1 aromatic heterocycles. The van der Waals surface area contributed by atoms with E-state index in [1.54, 1.807) is 6.07 Å². The van der Waals surface area contributed by atoms with Gasteiger partial charge in [0.15, 0.2) is 0 Å². The molecule has 2 fully saturated rings. The average Bonchev–Trinajstić information content (AvgIpc) is 2.93. The monoisotopic (exact) mass is 228 g/mol. The summed E-state index contributed by atoms with van der Waals surface area (Å²) in [5, 5.41) is 12.3. The van der Waals surface area contributed by atoms with Crippen molar-refractivity contribution in [1.82, 2.24) is 10.3 Å². The number of rotatable bonds is 1. The number of nitriles is 1. The van der Waals surface area contributed by atoms with Gasteiger partial charge in [0.25, 0.3) is 0 Å². The van der Waals surface area contributed by atoms with E-state index in [1.807, 2.05) is 12.1 Å². The first-order chi connectivity index (χ1) is 8.29. The minimum atomic E-state index is 0.505. The molecule has 0 amide bonds. The Bertz CT molecular complexity index is 465. The van der Waals surface area contributed by atoms with Crippen molar-refractivity contribution in [3.8, 4) is 6.07 Å². The van der Waals surface area contributed by atoms with Crippen molar-refractivity contribution >= 4 is 5.82 Å². The Morgan fingerprint density at radius 3 is 3.12 bits per heavy atom. The Hall–Kier alpha value is -1.60. The second-order valence-electron chi connectivity index (χ2n) is 4.97. The lowest BCUT2D eigenvalue weighted by atomic mass is 9.95. The minimum Gasteiger partial charge on any atom is -0.353 e. The molecule has 0 radical (unpaired) electrons. The highest BCUT2D eigenvalue weighted by Crippen LogP contribution is 2.34. The van der Waals surface area contributed by atoms with E-state index in [0.717, 1.165) is 37.3 Å². The number of hydrogen-bond donors (Lipinski definition) is 1. The summed E-state index contributed by atoms with van der Waals surface area (Å²) in [5.74, 6) is 2.41. The van der Waals surface area contributed by atoms with E-state index < -0.39 is 0 Å². The number of nitrogens with zero attached hydrogens (tertiary/aromatic N) is 3. The molecule has 88 valence electrons. The summed E-state index contributed by atoms with van der Waals surface area (Å²) in [5.41, 5.74) is 0.505. The van der Waals surface area contributed by atoms with E-state index >= 15 is 0 Å². The SMILES string of the molecule is CC1C2CNCC2CN1c1cccc(C#N)n1. The molecular weight excluding hydrogens is 212 g/mol. The Morgan fingerprint density at radius 1 is 1.47 bits per heavy atom. The number of aromatic nitrogens is 1. The first kappa shape index (κ1) is 10.5. The van der Waals surface area contributed by atoms with Crippen LogP contribution in [0.1, 0.15) is 12.6 Å². The van der Waals surface area contributed by atoms with Crippen LogP contribution in [-0.2, 0) is 0 Å². The quantitative estimate of drug-likeness (QED) is 0.779. The van der Waals surface area contributed by atoms with Crippen LogP contribution in [0.4, 0.5) is 5.82 Å². The summed E-state index contributed by atoms with van der Waals surface area (Å²) in [6, 6.07) is 8.30. The molecule has 3 atom stereocenters. The van der Waals surface area contributed by atoms with E-state index in [4.69, 9.17) is 5.26 Å². The van der Waals surface area contributed by atoms with Crippen LogP contribution in [0.2, 0.25) is 0 Å². The molecule has 1 aromatic rings. The van der Waals surface area contributed by atoms with E-state index in [9.17, 15) is 0 Å². The van der Waals surface area contributed by atoms with Crippen LogP contribution in [0.3, 0.4) is 0 Å². The van der Waals surface area contributed by atoms with E-state index in [0.29, 0.717) is 11.7 Å². The van der Waals surface area contributed by atoms with E-state index in [-0.39, 0.29) is 0 Å². The highest BCUT2D eigenvalue weighted by molar-refractivity contribution is 5.44. The summed E-state index contributed by atoms with van der Waals surface area (Å²) in [7, 11) is 0. The fourth-order valence-electron chi connectivity index (χ4n) is 3.12. The Balaban J connectivity index is 1.88. The first-order valence-corrected chi connectivity index (χ1v) is 6.14. The van der Waals surface area contributed by atoms with Gasteiger partial charge in [-0.05, 0) is 30.9 Å². The van der Waals surface area contributed by atoms with E-state index in [1.165, 1.54) is 0 Å². The van der Waals surface area contributed by atoms with Crippen LogP contribution >= 0.6 is 0 Å². The van der Waals surface area contributed by atoms with Crippen molar-refractivity contribution in [2.45, 2.75) is 13.0 Å². The Morgan fingerprint density at radius 2 is 2.35 bits per heavy atom. The molecule has 4 heteroatoms. The summed E-state index contributed by atoms with van der Waals surface area (Å²) < 4.78 is 0. The Labute approximate surface area is 101 Å². The fraction of sp³-hybridized carbons (Fsp3) is 0.538. The van der Waals surface area contributed by atoms with Crippen molar-refractivity contribution in [1.29, 1.82) is 5.26 Å². The molecule has 3 heterocycles. The van der Waals surface area contributed by atoms with Crippen molar-refractivity contribution in [3.63, 3.8) is 0 Å². The molecule has 0 aliphatic carbocycles. The maximum atomic E-state index is 8.89. The number of fused-ring (bicyclic) bond motifs is 1. The van der Waals surface area contributed by atoms with Crippen molar-refractivity contribution in [3.05, 3.63) is 23.9 Å². The van der Waals surface area contributed by atoms with Gasteiger partial charge < -0.3 is 10.2 Å². The molecule has 2 saturated heterocycles. The van der Waals surface area contributed by atoms with Gasteiger partial charge in [-0.15, -0.1) is 0 Å². The molecule has 0 saturated carbocycles. The number of pyridine rings is 1. The maximum Gasteiger partial charge on any atom is 0.142 e. The zero-order chi connectivity index (χ0) is 11.8. The van der Waals surface area contributed by atoms with Crippen LogP contribution in [0, 0.1) is 23.2 Å². The summed E-state index contributed by atoms with van der Waals surface area (Å²) >= 11 is 0. The molecule has 0 bridgehead atoms. The standard InChI is InChI=1S/C13H16N4/c1-9-12-7-15-6-10(12)8-17(9)13-4-2-3-11(5-14)16-13/h2-4,9-10,12,15H,6-8H2,1H3. The van der Waals surface area contributed by atoms with Crippen LogP contribution in [0.15, 0.2) is 18.2 Å². The second kappa shape index (κ2) is 4.01. The molecule has 2 aliphatic rings. The van der Waals surface area contributed by atoms with Gasteiger partial charge in [0, 0.05) is 25.7 Å². The van der Waals surface area contributed by atoms with Gasteiger partial charge in [-0.1, -0.05) is 6.07 Å². The van der Waals surface area contributed by atoms with Crippen LogP contribution in [0.5, 0.6) is 0 Å². The summed E-state index contributed by atoms with van der Waals surface area (Å²) in [6.07, 6.45) is 0. The van der Waals surface area contributed by atoms with Crippen molar-refractivity contribution in [2.75, 3.05) is 24.5 Å². The van der Waals surface area contributed by atoms with E-state index in [2.05, 4.69) is 28.2 Å². The predicted octanol–water partition coefficient (Wildman–Crippen LogP) is 0.997. The van der Waals surface area contributed by atoms with Crippen LogP contribution < -0.4 is 10.2 Å². The van der Waals surface area contributed by atoms with Gasteiger partial charge in [0.2, 0.25) is 0 Å². The molecule has 0 aromatic carbocycles. The fourth-order valence-corrected chi connectivity index (χ4v) is 3.12. The Kier molecular flexibility index (Phi) is 2.49. The lowest BCUT2D eigenvalue weighted by Gasteiger charge is -2.25. The zero-order valence-electron chi connectivity index (χ0n) is 9.93. The molecule has 4 nitrogen and oxygen atoms in total. The van der Waals surface area contributed by atoms with Crippen LogP contribution in [-0.4, -0.2) is 30.7 Å². The zero-order valence-corrected chi connectivity index (χ0v) is 9.93. The number of nitrogens with one attached hydrogen (secondary N) is 1.